The molecule has 2 aromatic heterocycles. The number of fused-ring (bicyclic) bond motifs is 4. The summed E-state index contributed by atoms with van der Waals surface area (Å²) in [4.78, 5) is 2.66. The topological polar surface area (TPSA) is 0 Å². The maximum atomic E-state index is 8.49. The molecule has 0 saturated carbocycles. The van der Waals surface area contributed by atoms with Gasteiger partial charge in [0, 0.05) is 0 Å². The van der Waals surface area contributed by atoms with Gasteiger partial charge >= 0.3 is 279 Å². The second-order valence-corrected chi connectivity index (χ2v) is 57.2. The molecule has 4 aromatic carbocycles. The number of allylic oxidation sites excluding steroid dienone is 2. The molecule has 0 saturated heterocycles. The molecule has 0 fully saturated rings. The van der Waals surface area contributed by atoms with Gasteiger partial charge in [-0.05, 0) is 0 Å². The summed E-state index contributed by atoms with van der Waals surface area (Å²) in [6, 6.07) is 31.1. The summed E-state index contributed by atoms with van der Waals surface area (Å²) < 4.78 is 0.191. The van der Waals surface area contributed by atoms with Gasteiger partial charge in [0.25, 0.3) is 0 Å². The summed E-state index contributed by atoms with van der Waals surface area (Å²) in [5.41, 5.74) is 10.6. The molecule has 0 amide bonds. The van der Waals surface area contributed by atoms with E-state index in [-0.39, 0.29) is 7.25 Å². The zero-order valence-electron chi connectivity index (χ0n) is 25.2. The Labute approximate surface area is 276 Å². The van der Waals surface area contributed by atoms with Crippen molar-refractivity contribution < 1.29 is 15.6 Å². The van der Waals surface area contributed by atoms with Gasteiger partial charge in [-0.1, -0.05) is 0 Å². The molecule has 0 nitrogen and oxygen atoms in total. The van der Waals surface area contributed by atoms with Crippen molar-refractivity contribution in [3.63, 3.8) is 0 Å². The van der Waals surface area contributed by atoms with E-state index in [1.165, 1.54) is 75.8 Å². The Bertz CT molecular complexity index is 2050. The molecule has 2 atom stereocenters. The summed E-state index contributed by atoms with van der Waals surface area (Å²) in [5, 5.41) is 9.79. The molecule has 6 aromatic rings. The molecule has 0 N–H and O–H groups in total. The fourth-order valence-electron chi connectivity index (χ4n) is 8.20. The Balaban J connectivity index is 1.31. The number of rotatable bonds is 5. The number of hydrogen-bond donors (Lipinski definition) is 0. The van der Waals surface area contributed by atoms with Gasteiger partial charge in [0.1, 0.15) is 0 Å². The van der Waals surface area contributed by atoms with E-state index in [4.69, 9.17) is 17.0 Å². The Morgan fingerprint density at radius 3 is 1.45 bits per heavy atom. The Kier molecular flexibility index (Phi) is 7.00. The predicted molar refractivity (Wildman–Crippen MR) is 198 cm³/mol. The molecular formula is C38H33Cl2S2SiZr. The van der Waals surface area contributed by atoms with Crippen LogP contribution in [0.25, 0.3) is 54.6 Å². The van der Waals surface area contributed by atoms with E-state index in [0.29, 0.717) is 0 Å². The van der Waals surface area contributed by atoms with E-state index in [9.17, 15) is 0 Å². The van der Waals surface area contributed by atoms with Gasteiger partial charge in [-0.25, -0.2) is 0 Å². The summed E-state index contributed by atoms with van der Waals surface area (Å²) in [6.07, 6.45) is 4.84. The molecule has 6 heteroatoms. The molecule has 2 aliphatic carbocycles. The van der Waals surface area contributed by atoms with Crippen molar-refractivity contribution in [3.05, 3.63) is 129 Å². The molecular weight excluding hydrogens is 711 g/mol. The predicted octanol–water partition coefficient (Wildman–Crippen LogP) is 13.0. The zero-order valence-corrected chi connectivity index (χ0v) is 32.0. The number of benzene rings is 4. The normalized spacial score (nSPS) is 18.8. The summed E-state index contributed by atoms with van der Waals surface area (Å²) in [6.45, 7) is 9.43. The minimum atomic E-state index is -4.73. The fraction of sp³-hybridized carbons (Fsp3) is 0.158. The Hall–Kier alpha value is -2.04. The van der Waals surface area contributed by atoms with Crippen molar-refractivity contribution in [2.45, 2.75) is 34.2 Å². The number of thiophene rings is 2. The molecule has 0 aliphatic heterocycles. The van der Waals surface area contributed by atoms with Crippen LogP contribution >= 0.6 is 39.7 Å². The van der Waals surface area contributed by atoms with E-state index in [1.54, 1.807) is 0 Å². The molecule has 0 bridgehead atoms. The quantitative estimate of drug-likeness (QED) is 0.154. The molecule has 44 heavy (non-hydrogen) atoms. The monoisotopic (exact) mass is 741 g/mol. The first-order valence-corrected chi connectivity index (χ1v) is 33.4. The van der Waals surface area contributed by atoms with E-state index < -0.39 is 21.5 Å². The van der Waals surface area contributed by atoms with E-state index >= 15 is 0 Å². The van der Waals surface area contributed by atoms with Crippen molar-refractivity contribution in [1.29, 1.82) is 0 Å². The van der Waals surface area contributed by atoms with Crippen LogP contribution in [-0.4, -0.2) is 5.92 Å². The van der Waals surface area contributed by atoms with Gasteiger partial charge in [-0.15, -0.1) is 0 Å². The standard InChI is InChI=1S/2C18H13S.C2H7Si.2ClH.Zr/c2*1-12-9-13-6-4-8-16(17(13)10-12)18-15-7-3-2-5-14(15)11-19-18;1-3-2;;;/h2*2-11H,1H3;3H,1-2H3;2*1H;/q;;;;;+2/p-2. The molecule has 0 spiro atoms. The van der Waals surface area contributed by atoms with Crippen molar-refractivity contribution in [2.24, 2.45) is 0 Å². The van der Waals surface area contributed by atoms with Gasteiger partial charge in [0.2, 0.25) is 0 Å². The van der Waals surface area contributed by atoms with Crippen molar-refractivity contribution in [2.75, 3.05) is 0 Å². The zero-order chi connectivity index (χ0) is 30.4. The first-order chi connectivity index (χ1) is 21.2. The molecule has 219 valence electrons. The van der Waals surface area contributed by atoms with E-state index in [0.717, 1.165) is 0 Å². The van der Waals surface area contributed by atoms with Crippen LogP contribution in [0.4, 0.5) is 0 Å². The average Bonchev–Trinajstić information content (AvgIpc) is 3.78. The maximum absolute atomic E-state index is 8.49. The Morgan fingerprint density at radius 2 is 1.02 bits per heavy atom. The van der Waals surface area contributed by atoms with Crippen LogP contribution in [0, 0.1) is 0 Å². The van der Waals surface area contributed by atoms with Gasteiger partial charge in [0.05, 0.1) is 0 Å². The molecule has 2 aliphatic rings. The van der Waals surface area contributed by atoms with E-state index in [2.05, 4.69) is 135 Å². The third-order valence-corrected chi connectivity index (χ3v) is 64.6. The van der Waals surface area contributed by atoms with Crippen LogP contribution in [0.3, 0.4) is 0 Å². The summed E-state index contributed by atoms with van der Waals surface area (Å²) in [7, 11) is 17.0. The van der Waals surface area contributed by atoms with Crippen LogP contribution in [0.1, 0.15) is 43.4 Å². The van der Waals surface area contributed by atoms with Crippen LogP contribution in [0.2, 0.25) is 13.1 Å². The van der Waals surface area contributed by atoms with Gasteiger partial charge < -0.3 is 0 Å². The second-order valence-electron chi connectivity index (χ2n) is 12.9. The van der Waals surface area contributed by atoms with Crippen molar-refractivity contribution in [3.8, 4) is 20.9 Å². The number of halogens is 2. The molecule has 2 heterocycles. The second kappa shape index (κ2) is 10.5. The van der Waals surface area contributed by atoms with Crippen LogP contribution in [0.5, 0.6) is 0 Å². The molecule has 2 unspecified atom stereocenters. The van der Waals surface area contributed by atoms with Gasteiger partial charge in [-0.3, -0.25) is 0 Å². The van der Waals surface area contributed by atoms with Gasteiger partial charge in [0.15, 0.2) is 0 Å². The fourth-order valence-corrected chi connectivity index (χ4v) is 43.3. The first-order valence-electron chi connectivity index (χ1n) is 15.3. The Morgan fingerprint density at radius 1 is 0.591 bits per heavy atom. The van der Waals surface area contributed by atoms with Crippen molar-refractivity contribution in [1.82, 2.24) is 0 Å². The third-order valence-electron chi connectivity index (χ3n) is 10.3. The van der Waals surface area contributed by atoms with Crippen LogP contribution in [-0.2, 0) is 15.6 Å². The van der Waals surface area contributed by atoms with Gasteiger partial charge in [-0.2, -0.15) is 0 Å². The summed E-state index contributed by atoms with van der Waals surface area (Å²) >= 11 is -1.05. The van der Waals surface area contributed by atoms with E-state index in [1.807, 2.05) is 22.7 Å². The SMILES string of the molecule is CC1=Cc2c(-c3scc4ccccc34)cccc2[CH]1[Zr]([Cl])([Cl])([CH]1C(C)=Cc2c(-c3scc4ccccc34)cccc21)[SiH](C)C. The molecule has 0 radical (unpaired) electrons. The number of hydrogen-bond acceptors (Lipinski definition) is 2. The average molecular weight is 744 g/mol. The van der Waals surface area contributed by atoms with Crippen LogP contribution < -0.4 is 0 Å². The minimum absolute atomic E-state index is 0.0955. The van der Waals surface area contributed by atoms with Crippen LogP contribution in [0.15, 0.2) is 107 Å². The summed E-state index contributed by atoms with van der Waals surface area (Å²) in [5.74, 6) is -1.59. The molecule has 8 rings (SSSR count). The first kappa shape index (κ1) is 29.4. The third kappa shape index (κ3) is 4.08. The van der Waals surface area contributed by atoms with Crippen molar-refractivity contribution >= 4 is 79.3 Å².